The largest absolute Gasteiger partial charge is 0.476 e. The Kier molecular flexibility index (Phi) is 7.50. The van der Waals surface area contributed by atoms with Gasteiger partial charge in [-0.25, -0.2) is 4.99 Å². The van der Waals surface area contributed by atoms with Gasteiger partial charge in [0.05, 0.1) is 12.1 Å². The molecular formula is C28H31F3N4O2. The van der Waals surface area contributed by atoms with Crippen LogP contribution in [0, 0.1) is 0 Å². The zero-order valence-electron chi connectivity index (χ0n) is 20.7. The standard InChI is InChI=1S/C28H31F3N4O2/c29-28(30,31)24-5-4-6-25(18-24)34-14-12-33(13-15-34)11-3-1-2-7-26(36)35-19-22-9-8-21(17-23(22)20-35)27-32-10-16-37-27/h4-6,8-9,17-20H,1-3,7,10-16H2. The molecule has 0 saturated carbocycles. The van der Waals surface area contributed by atoms with E-state index < -0.39 is 11.7 Å². The SMILES string of the molecule is O=C(CCCCCN1CCN(c2cccc(C(F)(F)F)c2)CC1)n1cc2ccc(C3=NCCO3)cc2c1. The van der Waals surface area contributed by atoms with E-state index in [2.05, 4.69) is 9.89 Å². The first-order chi connectivity index (χ1) is 17.9. The molecule has 2 aromatic carbocycles. The van der Waals surface area contributed by atoms with Gasteiger partial charge < -0.3 is 9.64 Å². The number of hydrogen-bond donors (Lipinski definition) is 0. The lowest BCUT2D eigenvalue weighted by Crippen LogP contribution is -2.46. The van der Waals surface area contributed by atoms with Gasteiger partial charge >= 0.3 is 6.18 Å². The lowest BCUT2D eigenvalue weighted by atomic mass is 10.1. The molecule has 0 N–H and O–H groups in total. The maximum atomic E-state index is 13.0. The molecule has 1 saturated heterocycles. The summed E-state index contributed by atoms with van der Waals surface area (Å²) in [7, 11) is 0. The molecule has 5 rings (SSSR count). The van der Waals surface area contributed by atoms with Crippen LogP contribution in [0.3, 0.4) is 0 Å². The number of ether oxygens (including phenoxy) is 1. The Morgan fingerprint density at radius 2 is 1.76 bits per heavy atom. The van der Waals surface area contributed by atoms with Gasteiger partial charge in [-0.05, 0) is 55.1 Å². The highest BCUT2D eigenvalue weighted by molar-refractivity contribution is 5.99. The van der Waals surface area contributed by atoms with Crippen LogP contribution in [0.25, 0.3) is 10.8 Å². The van der Waals surface area contributed by atoms with E-state index in [1.54, 1.807) is 10.6 Å². The van der Waals surface area contributed by atoms with Gasteiger partial charge in [0.1, 0.15) is 6.61 Å². The third kappa shape index (κ3) is 6.15. The summed E-state index contributed by atoms with van der Waals surface area (Å²) in [6, 6.07) is 11.5. The average Bonchev–Trinajstić information content (AvgIpc) is 3.58. The lowest BCUT2D eigenvalue weighted by molar-refractivity contribution is -0.137. The second-order valence-electron chi connectivity index (χ2n) is 9.63. The number of carbonyl (C=O) groups excluding carboxylic acids is 1. The lowest BCUT2D eigenvalue weighted by Gasteiger charge is -2.36. The third-order valence-corrected chi connectivity index (χ3v) is 7.04. The average molecular weight is 513 g/mol. The summed E-state index contributed by atoms with van der Waals surface area (Å²) in [5.41, 5.74) is 0.960. The first kappa shape index (κ1) is 25.3. The first-order valence-electron chi connectivity index (χ1n) is 12.8. The molecule has 2 aliphatic rings. The van der Waals surface area contributed by atoms with E-state index in [9.17, 15) is 18.0 Å². The minimum absolute atomic E-state index is 0.0851. The first-order valence-corrected chi connectivity index (χ1v) is 12.8. The minimum Gasteiger partial charge on any atom is -0.476 e. The molecule has 6 nitrogen and oxygen atoms in total. The molecule has 1 aromatic heterocycles. The number of anilines is 1. The number of benzene rings is 2. The Bertz CT molecular complexity index is 1280. The maximum absolute atomic E-state index is 13.0. The summed E-state index contributed by atoms with van der Waals surface area (Å²) >= 11 is 0. The fourth-order valence-corrected chi connectivity index (χ4v) is 4.95. The van der Waals surface area contributed by atoms with Crippen LogP contribution in [0.4, 0.5) is 18.9 Å². The van der Waals surface area contributed by atoms with Gasteiger partial charge in [0.15, 0.2) is 0 Å². The third-order valence-electron chi connectivity index (χ3n) is 7.04. The zero-order chi connectivity index (χ0) is 25.8. The fraction of sp³-hybridized carbons (Fsp3) is 0.429. The van der Waals surface area contributed by atoms with Gasteiger partial charge in [0.25, 0.3) is 0 Å². The number of halogens is 3. The van der Waals surface area contributed by atoms with Crippen LogP contribution in [0.5, 0.6) is 0 Å². The molecule has 0 atom stereocenters. The molecule has 1 fully saturated rings. The molecule has 0 aliphatic carbocycles. The van der Waals surface area contributed by atoms with E-state index in [0.717, 1.165) is 61.3 Å². The van der Waals surface area contributed by atoms with Crippen LogP contribution in [0.15, 0.2) is 59.9 Å². The summed E-state index contributed by atoms with van der Waals surface area (Å²) in [6.07, 6.45) is 2.71. The van der Waals surface area contributed by atoms with Crippen molar-refractivity contribution in [2.45, 2.75) is 31.9 Å². The Morgan fingerprint density at radius 1 is 0.946 bits per heavy atom. The van der Waals surface area contributed by atoms with Crippen LogP contribution >= 0.6 is 0 Å². The number of unbranched alkanes of at least 4 members (excludes halogenated alkanes) is 2. The second kappa shape index (κ2) is 11.0. The van der Waals surface area contributed by atoms with Crippen LogP contribution in [0.2, 0.25) is 0 Å². The number of hydrogen-bond acceptors (Lipinski definition) is 5. The summed E-state index contributed by atoms with van der Waals surface area (Å²) < 4.78 is 46.2. The zero-order valence-corrected chi connectivity index (χ0v) is 20.7. The molecule has 3 aromatic rings. The van der Waals surface area contributed by atoms with Crippen LogP contribution in [-0.2, 0) is 10.9 Å². The topological polar surface area (TPSA) is 50.1 Å². The predicted molar refractivity (Wildman–Crippen MR) is 138 cm³/mol. The fourth-order valence-electron chi connectivity index (χ4n) is 4.95. The Labute approximate surface area is 214 Å². The van der Waals surface area contributed by atoms with Crippen LogP contribution < -0.4 is 4.90 Å². The molecular weight excluding hydrogens is 481 g/mol. The molecule has 3 heterocycles. The highest BCUT2D eigenvalue weighted by Crippen LogP contribution is 2.32. The number of aliphatic imine (C=N–C) groups is 1. The number of fused-ring (bicyclic) bond motifs is 1. The maximum Gasteiger partial charge on any atom is 0.416 e. The molecule has 0 spiro atoms. The highest BCUT2D eigenvalue weighted by atomic mass is 19.4. The van der Waals surface area contributed by atoms with Gasteiger partial charge in [-0.3, -0.25) is 14.3 Å². The molecule has 0 amide bonds. The van der Waals surface area contributed by atoms with Crippen molar-refractivity contribution in [2.24, 2.45) is 4.99 Å². The number of piperazine rings is 1. The van der Waals surface area contributed by atoms with Crippen molar-refractivity contribution in [3.05, 3.63) is 66.0 Å². The Balaban J connectivity index is 1.03. The van der Waals surface area contributed by atoms with Crippen molar-refractivity contribution in [3.63, 3.8) is 0 Å². The molecule has 0 unspecified atom stereocenters. The summed E-state index contributed by atoms with van der Waals surface area (Å²) in [6.45, 7) is 5.30. The Morgan fingerprint density at radius 3 is 2.51 bits per heavy atom. The van der Waals surface area contributed by atoms with Gasteiger partial charge in [0, 0.05) is 61.6 Å². The molecule has 9 heteroatoms. The van der Waals surface area contributed by atoms with E-state index in [1.165, 1.54) is 12.1 Å². The molecule has 0 bridgehead atoms. The number of aromatic nitrogens is 1. The van der Waals surface area contributed by atoms with Crippen molar-refractivity contribution in [3.8, 4) is 0 Å². The normalized spacial score (nSPS) is 16.7. The highest BCUT2D eigenvalue weighted by Gasteiger charge is 2.31. The minimum atomic E-state index is -4.32. The summed E-state index contributed by atoms with van der Waals surface area (Å²) in [4.78, 5) is 21.4. The molecule has 196 valence electrons. The van der Waals surface area contributed by atoms with Crippen molar-refractivity contribution in [2.75, 3.05) is 50.8 Å². The van der Waals surface area contributed by atoms with E-state index in [4.69, 9.17) is 4.74 Å². The van der Waals surface area contributed by atoms with E-state index in [1.807, 2.05) is 35.5 Å². The van der Waals surface area contributed by atoms with Crippen LogP contribution in [0.1, 0.15) is 41.6 Å². The summed E-state index contributed by atoms with van der Waals surface area (Å²) in [5, 5.41) is 2.01. The molecule has 2 aliphatic heterocycles. The number of rotatable bonds is 8. The monoisotopic (exact) mass is 512 g/mol. The van der Waals surface area contributed by atoms with Crippen molar-refractivity contribution in [1.29, 1.82) is 0 Å². The van der Waals surface area contributed by atoms with Gasteiger partial charge in [-0.2, -0.15) is 13.2 Å². The van der Waals surface area contributed by atoms with Gasteiger partial charge in [0.2, 0.25) is 11.8 Å². The van der Waals surface area contributed by atoms with Crippen molar-refractivity contribution >= 4 is 28.3 Å². The number of alkyl halides is 3. The van der Waals surface area contributed by atoms with Gasteiger partial charge in [-0.15, -0.1) is 0 Å². The number of carbonyl (C=O) groups is 1. The summed E-state index contributed by atoms with van der Waals surface area (Å²) in [5.74, 6) is 0.750. The smallest absolute Gasteiger partial charge is 0.416 e. The quantitative estimate of drug-likeness (QED) is 0.376. The van der Waals surface area contributed by atoms with E-state index in [0.29, 0.717) is 44.2 Å². The van der Waals surface area contributed by atoms with Crippen LogP contribution in [-0.4, -0.2) is 67.1 Å². The van der Waals surface area contributed by atoms with Gasteiger partial charge in [-0.1, -0.05) is 18.6 Å². The van der Waals surface area contributed by atoms with Crippen molar-refractivity contribution < 1.29 is 22.7 Å². The number of nitrogens with zero attached hydrogens (tertiary/aromatic N) is 4. The molecule has 37 heavy (non-hydrogen) atoms. The second-order valence-corrected chi connectivity index (χ2v) is 9.63. The van der Waals surface area contributed by atoms with Crippen molar-refractivity contribution in [1.82, 2.24) is 9.47 Å². The molecule has 0 radical (unpaired) electrons. The van der Waals surface area contributed by atoms with E-state index in [-0.39, 0.29) is 5.91 Å². The Hall–Kier alpha value is -3.33. The van der Waals surface area contributed by atoms with E-state index >= 15 is 0 Å². The predicted octanol–water partition coefficient (Wildman–Crippen LogP) is 5.46.